The minimum atomic E-state index is -0.495. The van der Waals surface area contributed by atoms with E-state index in [2.05, 4.69) is 9.97 Å². The van der Waals surface area contributed by atoms with Crippen molar-refractivity contribution in [3.05, 3.63) is 46.3 Å². The number of aromatic nitrogens is 2. The van der Waals surface area contributed by atoms with Gasteiger partial charge in [0.2, 0.25) is 0 Å². The standard InChI is InChI=1S/C11H10N4O2/c1-7-2-8(6-13-5-7)10-3-9(15(16)17)4-11(12)14-10/h2-6H,1H3,(H2,12,14). The Morgan fingerprint density at radius 2 is 2.06 bits per heavy atom. The van der Waals surface area contributed by atoms with E-state index in [1.54, 1.807) is 12.4 Å². The molecule has 2 aromatic rings. The average Bonchev–Trinajstić information content (AvgIpc) is 2.28. The van der Waals surface area contributed by atoms with Crippen LogP contribution < -0.4 is 5.73 Å². The first-order chi connectivity index (χ1) is 8.06. The van der Waals surface area contributed by atoms with Gasteiger partial charge in [-0.2, -0.15) is 0 Å². The second-order valence-corrected chi connectivity index (χ2v) is 3.64. The van der Waals surface area contributed by atoms with Gasteiger partial charge in [-0.3, -0.25) is 15.1 Å². The van der Waals surface area contributed by atoms with Crippen LogP contribution in [0.1, 0.15) is 5.56 Å². The molecule has 0 fully saturated rings. The molecule has 6 nitrogen and oxygen atoms in total. The van der Waals surface area contributed by atoms with Gasteiger partial charge in [0.25, 0.3) is 5.69 Å². The molecule has 0 radical (unpaired) electrons. The van der Waals surface area contributed by atoms with Crippen LogP contribution in [0.15, 0.2) is 30.6 Å². The lowest BCUT2D eigenvalue weighted by Gasteiger charge is -2.02. The van der Waals surface area contributed by atoms with Crippen LogP contribution in [0.4, 0.5) is 11.5 Å². The van der Waals surface area contributed by atoms with Gasteiger partial charge >= 0.3 is 0 Å². The molecular formula is C11H10N4O2. The van der Waals surface area contributed by atoms with Crippen molar-refractivity contribution in [2.45, 2.75) is 6.92 Å². The molecule has 0 amide bonds. The van der Waals surface area contributed by atoms with E-state index in [1.807, 2.05) is 13.0 Å². The van der Waals surface area contributed by atoms with Crippen molar-refractivity contribution in [3.63, 3.8) is 0 Å². The number of nitrogens with two attached hydrogens (primary N) is 1. The number of aryl methyl sites for hydroxylation is 1. The lowest BCUT2D eigenvalue weighted by molar-refractivity contribution is -0.384. The van der Waals surface area contributed by atoms with E-state index in [4.69, 9.17) is 5.73 Å². The molecule has 0 aromatic carbocycles. The maximum atomic E-state index is 10.7. The van der Waals surface area contributed by atoms with Crippen LogP contribution in [0, 0.1) is 17.0 Å². The van der Waals surface area contributed by atoms with Gasteiger partial charge < -0.3 is 5.73 Å². The Balaban J connectivity index is 2.56. The molecule has 0 aliphatic carbocycles. The number of pyridine rings is 2. The first-order valence-electron chi connectivity index (χ1n) is 4.90. The highest BCUT2D eigenvalue weighted by molar-refractivity contribution is 5.64. The van der Waals surface area contributed by atoms with Crippen LogP contribution in [-0.4, -0.2) is 14.9 Å². The molecule has 0 bridgehead atoms. The molecule has 0 spiro atoms. The highest BCUT2D eigenvalue weighted by Crippen LogP contribution is 2.23. The zero-order valence-corrected chi connectivity index (χ0v) is 9.12. The van der Waals surface area contributed by atoms with E-state index in [0.717, 1.165) is 5.56 Å². The van der Waals surface area contributed by atoms with Crippen molar-refractivity contribution in [2.24, 2.45) is 0 Å². The first-order valence-corrected chi connectivity index (χ1v) is 4.90. The molecule has 0 atom stereocenters. The van der Waals surface area contributed by atoms with E-state index < -0.39 is 4.92 Å². The van der Waals surface area contributed by atoms with Crippen molar-refractivity contribution >= 4 is 11.5 Å². The predicted molar refractivity (Wildman–Crippen MR) is 63.3 cm³/mol. The fraction of sp³-hybridized carbons (Fsp3) is 0.0909. The quantitative estimate of drug-likeness (QED) is 0.628. The Hall–Kier alpha value is -2.50. The number of nitrogen functional groups attached to an aromatic ring is 1. The van der Waals surface area contributed by atoms with Gasteiger partial charge in [0, 0.05) is 24.0 Å². The summed E-state index contributed by atoms with van der Waals surface area (Å²) in [7, 11) is 0. The van der Waals surface area contributed by atoms with Crippen molar-refractivity contribution < 1.29 is 4.92 Å². The lowest BCUT2D eigenvalue weighted by Crippen LogP contribution is -1.97. The number of rotatable bonds is 2. The summed E-state index contributed by atoms with van der Waals surface area (Å²) in [4.78, 5) is 18.3. The Morgan fingerprint density at radius 3 is 2.71 bits per heavy atom. The third kappa shape index (κ3) is 2.36. The normalized spacial score (nSPS) is 10.2. The fourth-order valence-electron chi connectivity index (χ4n) is 1.49. The molecular weight excluding hydrogens is 220 g/mol. The van der Waals surface area contributed by atoms with Crippen LogP contribution in [0.2, 0.25) is 0 Å². The summed E-state index contributed by atoms with van der Waals surface area (Å²) >= 11 is 0. The van der Waals surface area contributed by atoms with Crippen LogP contribution in [0.3, 0.4) is 0 Å². The summed E-state index contributed by atoms with van der Waals surface area (Å²) in [5.41, 5.74) is 7.58. The third-order valence-electron chi connectivity index (χ3n) is 2.21. The van der Waals surface area contributed by atoms with Crippen molar-refractivity contribution in [1.82, 2.24) is 9.97 Å². The first kappa shape index (κ1) is 11.0. The Bertz CT molecular complexity index is 583. The van der Waals surface area contributed by atoms with Gasteiger partial charge in [0.1, 0.15) is 5.82 Å². The van der Waals surface area contributed by atoms with Crippen LogP contribution in [0.5, 0.6) is 0 Å². The van der Waals surface area contributed by atoms with Crippen LogP contribution >= 0.6 is 0 Å². The number of nitro groups is 1. The molecule has 0 aliphatic rings. The number of anilines is 1. The van der Waals surface area contributed by atoms with Crippen LogP contribution in [-0.2, 0) is 0 Å². The molecule has 2 rings (SSSR count). The molecule has 0 saturated heterocycles. The summed E-state index contributed by atoms with van der Waals surface area (Å²) in [6.07, 6.45) is 3.29. The molecule has 2 aromatic heterocycles. The van der Waals surface area contributed by atoms with E-state index in [1.165, 1.54) is 12.1 Å². The molecule has 0 unspecified atom stereocenters. The largest absolute Gasteiger partial charge is 0.383 e. The third-order valence-corrected chi connectivity index (χ3v) is 2.21. The highest BCUT2D eigenvalue weighted by Gasteiger charge is 2.11. The number of hydrogen-bond acceptors (Lipinski definition) is 5. The van der Waals surface area contributed by atoms with Crippen molar-refractivity contribution in [1.29, 1.82) is 0 Å². The van der Waals surface area contributed by atoms with Gasteiger partial charge in [-0.05, 0) is 18.6 Å². The van der Waals surface area contributed by atoms with Crippen LogP contribution in [0.25, 0.3) is 11.3 Å². The number of nitrogens with zero attached hydrogens (tertiary/aromatic N) is 3. The van der Waals surface area contributed by atoms with Crippen molar-refractivity contribution in [3.8, 4) is 11.3 Å². The lowest BCUT2D eigenvalue weighted by atomic mass is 10.1. The molecule has 6 heteroatoms. The molecule has 0 saturated carbocycles. The summed E-state index contributed by atoms with van der Waals surface area (Å²) in [5.74, 6) is 0.121. The van der Waals surface area contributed by atoms with Crippen molar-refractivity contribution in [2.75, 3.05) is 5.73 Å². The van der Waals surface area contributed by atoms with E-state index in [9.17, 15) is 10.1 Å². The molecule has 17 heavy (non-hydrogen) atoms. The summed E-state index contributed by atoms with van der Waals surface area (Å²) in [6.45, 7) is 1.89. The van der Waals surface area contributed by atoms with E-state index >= 15 is 0 Å². The zero-order valence-electron chi connectivity index (χ0n) is 9.12. The summed E-state index contributed by atoms with van der Waals surface area (Å²) < 4.78 is 0. The Morgan fingerprint density at radius 1 is 1.29 bits per heavy atom. The topological polar surface area (TPSA) is 94.9 Å². The number of hydrogen-bond donors (Lipinski definition) is 1. The smallest absolute Gasteiger partial charge is 0.275 e. The van der Waals surface area contributed by atoms with E-state index in [-0.39, 0.29) is 11.5 Å². The highest BCUT2D eigenvalue weighted by atomic mass is 16.6. The fourth-order valence-corrected chi connectivity index (χ4v) is 1.49. The SMILES string of the molecule is Cc1cncc(-c2cc([N+](=O)[O-])cc(N)n2)c1. The van der Waals surface area contributed by atoms with Gasteiger partial charge in [0.15, 0.2) is 0 Å². The Labute approximate surface area is 97.3 Å². The van der Waals surface area contributed by atoms with Gasteiger partial charge in [0.05, 0.1) is 16.7 Å². The monoisotopic (exact) mass is 230 g/mol. The molecule has 0 aliphatic heterocycles. The Kier molecular flexibility index (Phi) is 2.70. The summed E-state index contributed by atoms with van der Waals surface area (Å²) in [6, 6.07) is 4.46. The second-order valence-electron chi connectivity index (χ2n) is 3.64. The maximum absolute atomic E-state index is 10.7. The minimum Gasteiger partial charge on any atom is -0.383 e. The van der Waals surface area contributed by atoms with Gasteiger partial charge in [-0.25, -0.2) is 4.98 Å². The van der Waals surface area contributed by atoms with E-state index in [0.29, 0.717) is 11.3 Å². The molecule has 86 valence electrons. The minimum absolute atomic E-state index is 0.0750. The molecule has 2 N–H and O–H groups in total. The van der Waals surface area contributed by atoms with Gasteiger partial charge in [-0.1, -0.05) is 0 Å². The summed E-state index contributed by atoms with van der Waals surface area (Å²) in [5, 5.41) is 10.7. The zero-order chi connectivity index (χ0) is 12.4. The predicted octanol–water partition coefficient (Wildman–Crippen LogP) is 1.94. The maximum Gasteiger partial charge on any atom is 0.275 e. The van der Waals surface area contributed by atoms with Gasteiger partial charge in [-0.15, -0.1) is 0 Å². The molecule has 2 heterocycles. The second kappa shape index (κ2) is 4.17. The average molecular weight is 230 g/mol.